The molecule has 5 heteroatoms. The number of carbonyl (C=O) groups excluding carboxylic acids is 1. The highest BCUT2D eigenvalue weighted by atomic mass is 35.5. The van der Waals surface area contributed by atoms with Gasteiger partial charge in [-0.1, -0.05) is 0 Å². The van der Waals surface area contributed by atoms with E-state index in [-0.39, 0.29) is 18.3 Å². The first-order valence-electron chi connectivity index (χ1n) is 4.75. The summed E-state index contributed by atoms with van der Waals surface area (Å²) < 4.78 is 0. The number of piperidine rings is 1. The Bertz CT molecular complexity index is 180. The fourth-order valence-electron chi connectivity index (χ4n) is 1.62. The van der Waals surface area contributed by atoms with Gasteiger partial charge >= 0.3 is 0 Å². The lowest BCUT2D eigenvalue weighted by Gasteiger charge is -2.30. The molecule has 3 nitrogen and oxygen atoms in total. The number of thioether (sulfide) groups is 1. The van der Waals surface area contributed by atoms with Crippen molar-refractivity contribution in [2.45, 2.75) is 31.8 Å². The maximum absolute atomic E-state index is 11.3. The lowest BCUT2D eigenvalue weighted by atomic mass is 10.00. The molecule has 0 aliphatic carbocycles. The molecule has 0 aromatic heterocycles. The van der Waals surface area contributed by atoms with Gasteiger partial charge in [0.05, 0.1) is 5.75 Å². The molecule has 14 heavy (non-hydrogen) atoms. The first kappa shape index (κ1) is 14.1. The summed E-state index contributed by atoms with van der Waals surface area (Å²) in [7, 11) is 0. The summed E-state index contributed by atoms with van der Waals surface area (Å²) in [6, 6.07) is 0.743. The van der Waals surface area contributed by atoms with Gasteiger partial charge in [-0.3, -0.25) is 4.79 Å². The van der Waals surface area contributed by atoms with E-state index in [0.29, 0.717) is 17.8 Å². The van der Waals surface area contributed by atoms with E-state index in [1.807, 2.05) is 6.26 Å². The van der Waals surface area contributed by atoms with Gasteiger partial charge in [0.25, 0.3) is 0 Å². The summed E-state index contributed by atoms with van der Waals surface area (Å²) in [6.07, 6.45) is 4.21. The van der Waals surface area contributed by atoms with Crippen LogP contribution in [0.3, 0.4) is 0 Å². The Morgan fingerprint density at radius 1 is 1.64 bits per heavy atom. The fraction of sp³-hybridized carbons (Fsp3) is 0.889. The second kappa shape index (κ2) is 7.37. The van der Waals surface area contributed by atoms with Crippen molar-refractivity contribution < 1.29 is 4.79 Å². The van der Waals surface area contributed by atoms with E-state index in [2.05, 4.69) is 17.6 Å². The average molecular weight is 239 g/mol. The van der Waals surface area contributed by atoms with Crippen molar-refractivity contribution >= 4 is 30.1 Å². The van der Waals surface area contributed by atoms with E-state index in [4.69, 9.17) is 0 Å². The van der Waals surface area contributed by atoms with Gasteiger partial charge in [-0.15, -0.1) is 12.4 Å². The van der Waals surface area contributed by atoms with Crippen molar-refractivity contribution in [3.63, 3.8) is 0 Å². The van der Waals surface area contributed by atoms with Gasteiger partial charge in [0, 0.05) is 12.1 Å². The molecule has 2 N–H and O–H groups in total. The van der Waals surface area contributed by atoms with Crippen LogP contribution in [0, 0.1) is 0 Å². The Labute approximate surface area is 96.2 Å². The second-order valence-corrected chi connectivity index (χ2v) is 4.36. The molecular formula is C9H19ClN2OS. The van der Waals surface area contributed by atoms with Gasteiger partial charge in [0.2, 0.25) is 5.91 Å². The molecule has 1 saturated heterocycles. The van der Waals surface area contributed by atoms with Crippen LogP contribution in [0.15, 0.2) is 0 Å². The minimum Gasteiger partial charge on any atom is -0.351 e. The quantitative estimate of drug-likeness (QED) is 0.772. The van der Waals surface area contributed by atoms with Gasteiger partial charge in [0.1, 0.15) is 0 Å². The lowest BCUT2D eigenvalue weighted by molar-refractivity contribution is -0.119. The third-order valence-corrected chi connectivity index (χ3v) is 2.93. The van der Waals surface area contributed by atoms with Crippen LogP contribution in [0.5, 0.6) is 0 Å². The van der Waals surface area contributed by atoms with E-state index in [0.717, 1.165) is 19.4 Å². The number of amides is 1. The van der Waals surface area contributed by atoms with Crippen molar-refractivity contribution in [2.75, 3.05) is 18.6 Å². The molecule has 2 unspecified atom stereocenters. The zero-order chi connectivity index (χ0) is 9.68. The van der Waals surface area contributed by atoms with Crippen LogP contribution in [0.2, 0.25) is 0 Å². The van der Waals surface area contributed by atoms with E-state index < -0.39 is 0 Å². The number of halogens is 1. The second-order valence-electron chi connectivity index (χ2n) is 3.49. The minimum absolute atomic E-state index is 0. The SMILES string of the molecule is CSCC(=O)NC1CCCNC1C.Cl. The molecule has 0 aromatic rings. The number of rotatable bonds is 3. The smallest absolute Gasteiger partial charge is 0.230 e. The Morgan fingerprint density at radius 3 is 2.93 bits per heavy atom. The molecule has 1 heterocycles. The highest BCUT2D eigenvalue weighted by molar-refractivity contribution is 7.99. The molecular weight excluding hydrogens is 220 g/mol. The average Bonchev–Trinajstić information content (AvgIpc) is 2.09. The van der Waals surface area contributed by atoms with E-state index in [1.54, 1.807) is 11.8 Å². The van der Waals surface area contributed by atoms with Gasteiger partial charge < -0.3 is 10.6 Å². The zero-order valence-corrected chi connectivity index (χ0v) is 10.3. The summed E-state index contributed by atoms with van der Waals surface area (Å²) in [5.74, 6) is 0.733. The fourth-order valence-corrected chi connectivity index (χ4v) is 1.97. The van der Waals surface area contributed by atoms with Crippen molar-refractivity contribution in [2.24, 2.45) is 0 Å². The standard InChI is InChI=1S/C9H18N2OS.ClH/c1-7-8(4-3-5-10-7)11-9(12)6-13-2;/h7-8,10H,3-6H2,1-2H3,(H,11,12);1H. The van der Waals surface area contributed by atoms with Crippen LogP contribution in [-0.4, -0.2) is 36.5 Å². The molecule has 0 spiro atoms. The summed E-state index contributed by atoms with van der Waals surface area (Å²) in [6.45, 7) is 3.21. The molecule has 84 valence electrons. The molecule has 2 atom stereocenters. The van der Waals surface area contributed by atoms with Crippen LogP contribution in [0.4, 0.5) is 0 Å². The number of hydrogen-bond donors (Lipinski definition) is 2. The van der Waals surface area contributed by atoms with E-state index in [1.165, 1.54) is 0 Å². The first-order chi connectivity index (χ1) is 6.24. The van der Waals surface area contributed by atoms with E-state index >= 15 is 0 Å². The Hall–Kier alpha value is 0.0700. The molecule has 0 radical (unpaired) electrons. The number of hydrogen-bond acceptors (Lipinski definition) is 3. The summed E-state index contributed by atoms with van der Waals surface area (Å²) in [4.78, 5) is 11.3. The molecule has 1 fully saturated rings. The van der Waals surface area contributed by atoms with Crippen molar-refractivity contribution in [1.82, 2.24) is 10.6 Å². The van der Waals surface area contributed by atoms with E-state index in [9.17, 15) is 4.79 Å². The third-order valence-electron chi connectivity index (χ3n) is 2.38. The van der Waals surface area contributed by atoms with Crippen molar-refractivity contribution in [1.29, 1.82) is 0 Å². The Morgan fingerprint density at radius 2 is 2.36 bits per heavy atom. The first-order valence-corrected chi connectivity index (χ1v) is 6.15. The predicted octanol–water partition coefficient (Wildman–Crippen LogP) is 1.03. The van der Waals surface area contributed by atoms with Crippen LogP contribution in [0.25, 0.3) is 0 Å². The number of carbonyl (C=O) groups is 1. The van der Waals surface area contributed by atoms with Gasteiger partial charge in [-0.2, -0.15) is 11.8 Å². The largest absolute Gasteiger partial charge is 0.351 e. The molecule has 0 bridgehead atoms. The maximum atomic E-state index is 11.3. The Kier molecular flexibility index (Phi) is 7.41. The monoisotopic (exact) mass is 238 g/mol. The summed E-state index contributed by atoms with van der Waals surface area (Å²) in [5, 5.41) is 6.41. The van der Waals surface area contributed by atoms with Crippen LogP contribution < -0.4 is 10.6 Å². The summed E-state index contributed by atoms with van der Waals surface area (Å²) >= 11 is 1.57. The predicted molar refractivity (Wildman–Crippen MR) is 64.3 cm³/mol. The maximum Gasteiger partial charge on any atom is 0.230 e. The van der Waals surface area contributed by atoms with Crippen LogP contribution in [0.1, 0.15) is 19.8 Å². The molecule has 1 aliphatic rings. The lowest BCUT2D eigenvalue weighted by Crippen LogP contribution is -2.52. The molecule has 0 aromatic carbocycles. The number of nitrogens with one attached hydrogen (secondary N) is 2. The molecule has 1 rings (SSSR count). The minimum atomic E-state index is 0. The van der Waals surface area contributed by atoms with Crippen LogP contribution >= 0.6 is 24.2 Å². The zero-order valence-electron chi connectivity index (χ0n) is 8.71. The summed E-state index contributed by atoms with van der Waals surface area (Å²) in [5.41, 5.74) is 0. The Balaban J connectivity index is 0.00000169. The van der Waals surface area contributed by atoms with Crippen molar-refractivity contribution in [3.8, 4) is 0 Å². The van der Waals surface area contributed by atoms with Gasteiger partial charge in [-0.05, 0) is 32.6 Å². The van der Waals surface area contributed by atoms with Crippen LogP contribution in [-0.2, 0) is 4.79 Å². The van der Waals surface area contributed by atoms with Crippen molar-refractivity contribution in [3.05, 3.63) is 0 Å². The van der Waals surface area contributed by atoms with Gasteiger partial charge in [-0.25, -0.2) is 0 Å². The normalized spacial score (nSPS) is 26.4. The topological polar surface area (TPSA) is 41.1 Å². The molecule has 1 amide bonds. The highest BCUT2D eigenvalue weighted by Crippen LogP contribution is 2.08. The molecule has 1 aliphatic heterocycles. The third kappa shape index (κ3) is 4.53. The van der Waals surface area contributed by atoms with Gasteiger partial charge in [0.15, 0.2) is 0 Å². The molecule has 0 saturated carbocycles. The highest BCUT2D eigenvalue weighted by Gasteiger charge is 2.21.